The topological polar surface area (TPSA) is 74.4 Å². The first-order chi connectivity index (χ1) is 19.5. The standard InChI is InChI=1S/C33H35Cl2N3O3/c1-33(2,3)41-31(40)20-38-16-14-26(15-17-38)36-29-19-30(39)37-28-13-8-23(18-27(28)29)32(21-4-9-24(34)10-5-21)22-6-11-25(35)12-7-22/h4-13,18-19,26,32H,14-17,20H2,1-3H3,(H2,36,37,39). The lowest BCUT2D eigenvalue weighted by molar-refractivity contribution is -0.156. The first-order valence-electron chi connectivity index (χ1n) is 13.9. The van der Waals surface area contributed by atoms with Crippen LogP contribution in [-0.4, -0.2) is 47.1 Å². The van der Waals surface area contributed by atoms with Gasteiger partial charge in [0.25, 0.3) is 0 Å². The summed E-state index contributed by atoms with van der Waals surface area (Å²) < 4.78 is 5.48. The molecule has 1 aliphatic rings. The lowest BCUT2D eigenvalue weighted by atomic mass is 9.84. The third-order valence-corrected chi connectivity index (χ3v) is 7.83. The van der Waals surface area contributed by atoms with E-state index >= 15 is 0 Å². The van der Waals surface area contributed by atoms with Gasteiger partial charge in [0, 0.05) is 52.2 Å². The van der Waals surface area contributed by atoms with Gasteiger partial charge in [0.15, 0.2) is 0 Å². The predicted octanol–water partition coefficient (Wildman–Crippen LogP) is 7.23. The van der Waals surface area contributed by atoms with Crippen molar-refractivity contribution in [3.05, 3.63) is 110 Å². The van der Waals surface area contributed by atoms with Crippen LogP contribution in [0.4, 0.5) is 5.69 Å². The predicted molar refractivity (Wildman–Crippen MR) is 167 cm³/mol. The molecule has 5 rings (SSSR count). The van der Waals surface area contributed by atoms with E-state index in [9.17, 15) is 9.59 Å². The summed E-state index contributed by atoms with van der Waals surface area (Å²) in [6.07, 6.45) is 1.71. The van der Waals surface area contributed by atoms with E-state index in [0.29, 0.717) is 10.0 Å². The Bertz CT molecular complexity index is 1520. The normalized spacial score (nSPS) is 14.9. The molecule has 0 unspecified atom stereocenters. The summed E-state index contributed by atoms with van der Waals surface area (Å²) in [4.78, 5) is 30.0. The van der Waals surface area contributed by atoms with Crippen molar-refractivity contribution in [1.29, 1.82) is 0 Å². The minimum Gasteiger partial charge on any atom is -0.459 e. The van der Waals surface area contributed by atoms with Crippen molar-refractivity contribution < 1.29 is 9.53 Å². The summed E-state index contributed by atoms with van der Waals surface area (Å²) >= 11 is 12.4. The molecule has 41 heavy (non-hydrogen) atoms. The number of benzene rings is 3. The van der Waals surface area contributed by atoms with Crippen molar-refractivity contribution in [1.82, 2.24) is 9.88 Å². The number of nitrogens with zero attached hydrogens (tertiary/aromatic N) is 1. The fourth-order valence-corrected chi connectivity index (χ4v) is 5.72. The van der Waals surface area contributed by atoms with Gasteiger partial charge in [-0.3, -0.25) is 14.5 Å². The Hall–Kier alpha value is -3.32. The van der Waals surface area contributed by atoms with Crippen LogP contribution in [0, 0.1) is 0 Å². The van der Waals surface area contributed by atoms with E-state index < -0.39 is 5.60 Å². The van der Waals surface area contributed by atoms with E-state index in [0.717, 1.165) is 59.2 Å². The number of fused-ring (bicyclic) bond motifs is 1. The van der Waals surface area contributed by atoms with Crippen molar-refractivity contribution in [3.8, 4) is 0 Å². The highest BCUT2D eigenvalue weighted by Crippen LogP contribution is 2.36. The quantitative estimate of drug-likeness (QED) is 0.175. The van der Waals surface area contributed by atoms with Gasteiger partial charge in [-0.2, -0.15) is 0 Å². The molecule has 1 aromatic heterocycles. The van der Waals surface area contributed by atoms with Crippen LogP contribution in [0.1, 0.15) is 56.2 Å². The van der Waals surface area contributed by atoms with E-state index in [1.165, 1.54) is 0 Å². The fraction of sp³-hybridized carbons (Fsp3) is 0.333. The van der Waals surface area contributed by atoms with Crippen LogP contribution in [0.3, 0.4) is 0 Å². The molecule has 1 fully saturated rings. The van der Waals surface area contributed by atoms with Crippen LogP contribution in [-0.2, 0) is 9.53 Å². The van der Waals surface area contributed by atoms with E-state index in [1.54, 1.807) is 6.07 Å². The van der Waals surface area contributed by atoms with Gasteiger partial charge in [-0.25, -0.2) is 0 Å². The maximum absolute atomic E-state index is 12.6. The zero-order chi connectivity index (χ0) is 29.1. The van der Waals surface area contributed by atoms with Gasteiger partial charge in [0.2, 0.25) is 5.56 Å². The monoisotopic (exact) mass is 591 g/mol. The van der Waals surface area contributed by atoms with Gasteiger partial charge in [-0.1, -0.05) is 53.5 Å². The number of aromatic nitrogens is 1. The number of H-pyrrole nitrogens is 1. The van der Waals surface area contributed by atoms with Crippen molar-refractivity contribution in [2.75, 3.05) is 25.0 Å². The average Bonchev–Trinajstić information content (AvgIpc) is 2.91. The highest BCUT2D eigenvalue weighted by atomic mass is 35.5. The molecule has 0 radical (unpaired) electrons. The molecule has 0 saturated carbocycles. The zero-order valence-corrected chi connectivity index (χ0v) is 25.1. The number of hydrogen-bond donors (Lipinski definition) is 2. The second kappa shape index (κ2) is 12.3. The van der Waals surface area contributed by atoms with E-state index in [4.69, 9.17) is 27.9 Å². The minimum absolute atomic E-state index is 0.0511. The molecule has 2 heterocycles. The molecule has 1 aliphatic heterocycles. The van der Waals surface area contributed by atoms with Crippen LogP contribution >= 0.6 is 23.2 Å². The first kappa shape index (κ1) is 29.2. The van der Waals surface area contributed by atoms with Gasteiger partial charge in [-0.15, -0.1) is 0 Å². The average molecular weight is 593 g/mol. The molecule has 0 atom stereocenters. The molecule has 8 heteroatoms. The molecule has 3 aromatic carbocycles. The number of halogens is 2. The lowest BCUT2D eigenvalue weighted by Gasteiger charge is -2.33. The summed E-state index contributed by atoms with van der Waals surface area (Å²) in [5, 5.41) is 5.96. The van der Waals surface area contributed by atoms with E-state index in [1.807, 2.05) is 75.4 Å². The summed E-state index contributed by atoms with van der Waals surface area (Å²) in [6.45, 7) is 7.48. The van der Waals surface area contributed by atoms with Crippen LogP contribution in [0.5, 0.6) is 0 Å². The number of carbonyl (C=O) groups excluding carboxylic acids is 1. The molecule has 1 saturated heterocycles. The number of ether oxygens (including phenoxy) is 1. The van der Waals surface area contributed by atoms with Crippen molar-refractivity contribution in [2.24, 2.45) is 0 Å². The second-order valence-corrected chi connectivity index (χ2v) is 12.5. The number of likely N-dealkylation sites (tertiary alicyclic amines) is 1. The molecular weight excluding hydrogens is 557 g/mol. The molecule has 0 spiro atoms. The lowest BCUT2D eigenvalue weighted by Crippen LogP contribution is -2.43. The molecule has 2 N–H and O–H groups in total. The fourth-order valence-electron chi connectivity index (χ4n) is 5.47. The first-order valence-corrected chi connectivity index (χ1v) is 14.7. The zero-order valence-electron chi connectivity index (χ0n) is 23.5. The maximum Gasteiger partial charge on any atom is 0.320 e. The summed E-state index contributed by atoms with van der Waals surface area (Å²) in [5.41, 5.74) is 4.24. The number of piperidine rings is 1. The number of pyridine rings is 1. The highest BCUT2D eigenvalue weighted by molar-refractivity contribution is 6.30. The Morgan fingerprint density at radius 3 is 2.05 bits per heavy atom. The van der Waals surface area contributed by atoms with E-state index in [-0.39, 0.29) is 30.0 Å². The number of aromatic amines is 1. The number of carbonyl (C=O) groups is 1. The number of anilines is 1. The smallest absolute Gasteiger partial charge is 0.320 e. The second-order valence-electron chi connectivity index (χ2n) is 11.7. The molecular formula is C33H35Cl2N3O3. The van der Waals surface area contributed by atoms with Crippen LogP contribution in [0.2, 0.25) is 10.0 Å². The number of hydrogen-bond acceptors (Lipinski definition) is 5. The summed E-state index contributed by atoms with van der Waals surface area (Å²) in [5.74, 6) is -0.252. The summed E-state index contributed by atoms with van der Waals surface area (Å²) in [7, 11) is 0. The minimum atomic E-state index is -0.489. The SMILES string of the molecule is CC(C)(C)OC(=O)CN1CCC(Nc2cc(=O)[nH]c3ccc(C(c4ccc(Cl)cc4)c4ccc(Cl)cc4)cc23)CC1. The number of esters is 1. The van der Waals surface area contributed by atoms with Crippen LogP contribution in [0.25, 0.3) is 10.9 Å². The Labute approximate surface area is 250 Å². The van der Waals surface area contributed by atoms with Crippen molar-refractivity contribution >= 4 is 45.8 Å². The molecule has 0 aliphatic carbocycles. The number of nitrogens with one attached hydrogen (secondary N) is 2. The Morgan fingerprint density at radius 2 is 1.49 bits per heavy atom. The van der Waals surface area contributed by atoms with Crippen molar-refractivity contribution in [3.63, 3.8) is 0 Å². The maximum atomic E-state index is 12.6. The van der Waals surface area contributed by atoms with Crippen molar-refractivity contribution in [2.45, 2.75) is 51.2 Å². The molecule has 0 amide bonds. The van der Waals surface area contributed by atoms with E-state index in [2.05, 4.69) is 27.3 Å². The molecule has 0 bridgehead atoms. The molecule has 214 valence electrons. The third-order valence-electron chi connectivity index (χ3n) is 7.33. The molecule has 4 aromatic rings. The van der Waals surface area contributed by atoms with Crippen LogP contribution < -0.4 is 10.9 Å². The number of rotatable bonds is 7. The van der Waals surface area contributed by atoms with Gasteiger partial charge >= 0.3 is 5.97 Å². The van der Waals surface area contributed by atoms with Gasteiger partial charge in [-0.05, 0) is 86.7 Å². The Kier molecular flexibility index (Phi) is 8.74. The largest absolute Gasteiger partial charge is 0.459 e. The highest BCUT2D eigenvalue weighted by Gasteiger charge is 2.24. The van der Waals surface area contributed by atoms with Gasteiger partial charge in [0.05, 0.1) is 12.1 Å². The Balaban J connectivity index is 1.40. The summed E-state index contributed by atoms with van der Waals surface area (Å²) in [6, 6.07) is 23.8. The van der Waals surface area contributed by atoms with Crippen LogP contribution in [0.15, 0.2) is 77.6 Å². The third kappa shape index (κ3) is 7.50. The van der Waals surface area contributed by atoms with Gasteiger partial charge in [0.1, 0.15) is 5.60 Å². The molecule has 6 nitrogen and oxygen atoms in total. The Morgan fingerprint density at radius 1 is 0.927 bits per heavy atom. The van der Waals surface area contributed by atoms with Gasteiger partial charge < -0.3 is 15.0 Å².